The SMILES string of the molecule is C=CCOc1cc(C)c2c(C)nn(-c3cccc(Cl)c3C)c2n1. The van der Waals surface area contributed by atoms with Crippen LogP contribution in [0.1, 0.15) is 16.8 Å². The third kappa shape index (κ3) is 2.70. The van der Waals surface area contributed by atoms with Crippen LogP contribution in [0.15, 0.2) is 36.9 Å². The topological polar surface area (TPSA) is 39.9 Å². The molecule has 0 atom stereocenters. The van der Waals surface area contributed by atoms with E-state index in [1.54, 1.807) is 6.08 Å². The lowest BCUT2D eigenvalue weighted by atomic mass is 10.1. The van der Waals surface area contributed by atoms with Crippen LogP contribution in [-0.4, -0.2) is 21.4 Å². The standard InChI is InChI=1S/C18H18ClN3O/c1-5-9-23-16-10-11(2)17-13(4)21-22(18(17)20-16)15-8-6-7-14(19)12(15)3/h5-8,10H,1,9H2,2-4H3. The van der Waals surface area contributed by atoms with Crippen molar-refractivity contribution in [2.45, 2.75) is 20.8 Å². The number of hydrogen-bond donors (Lipinski definition) is 0. The highest BCUT2D eigenvalue weighted by molar-refractivity contribution is 6.31. The first-order chi connectivity index (χ1) is 11.0. The van der Waals surface area contributed by atoms with Crippen LogP contribution >= 0.6 is 11.6 Å². The predicted octanol–water partition coefficient (Wildman–Crippen LogP) is 4.56. The van der Waals surface area contributed by atoms with Gasteiger partial charge in [0.15, 0.2) is 5.65 Å². The highest BCUT2D eigenvalue weighted by Gasteiger charge is 2.16. The van der Waals surface area contributed by atoms with E-state index in [0.717, 1.165) is 33.5 Å². The highest BCUT2D eigenvalue weighted by atomic mass is 35.5. The maximum Gasteiger partial charge on any atom is 0.215 e. The minimum absolute atomic E-state index is 0.418. The van der Waals surface area contributed by atoms with Gasteiger partial charge in [-0.3, -0.25) is 0 Å². The average Bonchev–Trinajstić information content (AvgIpc) is 2.85. The molecule has 3 aromatic rings. The summed E-state index contributed by atoms with van der Waals surface area (Å²) in [7, 11) is 0. The Kier molecular flexibility index (Phi) is 4.09. The third-order valence-corrected chi connectivity index (χ3v) is 4.21. The molecule has 118 valence electrons. The normalized spacial score (nSPS) is 11.0. The van der Waals surface area contributed by atoms with Gasteiger partial charge in [-0.25, -0.2) is 4.68 Å². The van der Waals surface area contributed by atoms with Crippen LogP contribution < -0.4 is 4.74 Å². The Hall–Kier alpha value is -2.33. The lowest BCUT2D eigenvalue weighted by Crippen LogP contribution is -2.02. The van der Waals surface area contributed by atoms with Crippen LogP contribution in [0.2, 0.25) is 5.02 Å². The van der Waals surface area contributed by atoms with Crippen molar-refractivity contribution < 1.29 is 4.74 Å². The van der Waals surface area contributed by atoms with Crippen molar-refractivity contribution in [3.8, 4) is 11.6 Å². The van der Waals surface area contributed by atoms with Crippen molar-refractivity contribution in [3.63, 3.8) is 0 Å². The predicted molar refractivity (Wildman–Crippen MR) is 93.8 cm³/mol. The molecule has 0 unspecified atom stereocenters. The molecule has 4 nitrogen and oxygen atoms in total. The van der Waals surface area contributed by atoms with Crippen molar-refractivity contribution in [2.75, 3.05) is 6.61 Å². The van der Waals surface area contributed by atoms with Crippen molar-refractivity contribution in [1.82, 2.24) is 14.8 Å². The van der Waals surface area contributed by atoms with Gasteiger partial charge in [-0.2, -0.15) is 10.1 Å². The van der Waals surface area contributed by atoms with Gasteiger partial charge in [0, 0.05) is 16.5 Å². The lowest BCUT2D eigenvalue weighted by Gasteiger charge is -2.09. The van der Waals surface area contributed by atoms with Gasteiger partial charge >= 0.3 is 0 Å². The quantitative estimate of drug-likeness (QED) is 0.659. The molecule has 0 radical (unpaired) electrons. The summed E-state index contributed by atoms with van der Waals surface area (Å²) < 4.78 is 7.43. The molecule has 2 aromatic heterocycles. The van der Waals surface area contributed by atoms with E-state index in [2.05, 4.69) is 16.7 Å². The molecule has 0 N–H and O–H groups in total. The molecule has 3 rings (SSSR count). The Morgan fingerprint density at radius 2 is 2.09 bits per heavy atom. The van der Waals surface area contributed by atoms with E-state index in [1.807, 2.05) is 49.7 Å². The fourth-order valence-corrected chi connectivity index (χ4v) is 2.86. The monoisotopic (exact) mass is 327 g/mol. The smallest absolute Gasteiger partial charge is 0.215 e. The van der Waals surface area contributed by atoms with Gasteiger partial charge in [0.25, 0.3) is 0 Å². The number of fused-ring (bicyclic) bond motifs is 1. The Morgan fingerprint density at radius 3 is 2.83 bits per heavy atom. The number of nitrogens with zero attached hydrogens (tertiary/aromatic N) is 3. The molecule has 2 heterocycles. The number of aromatic nitrogens is 3. The van der Waals surface area contributed by atoms with E-state index in [4.69, 9.17) is 16.3 Å². The molecule has 0 bridgehead atoms. The number of rotatable bonds is 4. The summed E-state index contributed by atoms with van der Waals surface area (Å²) in [5, 5.41) is 6.41. The molecule has 0 aliphatic heterocycles. The van der Waals surface area contributed by atoms with Gasteiger partial charge in [-0.15, -0.1) is 0 Å². The van der Waals surface area contributed by atoms with Gasteiger partial charge in [-0.05, 0) is 44.0 Å². The van der Waals surface area contributed by atoms with E-state index >= 15 is 0 Å². The van der Waals surface area contributed by atoms with E-state index in [9.17, 15) is 0 Å². The number of halogens is 1. The summed E-state index contributed by atoms with van der Waals surface area (Å²) in [5.74, 6) is 0.565. The third-order valence-electron chi connectivity index (χ3n) is 3.80. The van der Waals surface area contributed by atoms with E-state index < -0.39 is 0 Å². The van der Waals surface area contributed by atoms with Gasteiger partial charge in [0.05, 0.1) is 11.4 Å². The fraction of sp³-hybridized carbons (Fsp3) is 0.222. The number of hydrogen-bond acceptors (Lipinski definition) is 3. The molecule has 23 heavy (non-hydrogen) atoms. The molecule has 5 heteroatoms. The summed E-state index contributed by atoms with van der Waals surface area (Å²) in [6.45, 7) is 10.1. The van der Waals surface area contributed by atoms with Crippen LogP contribution in [0.3, 0.4) is 0 Å². The number of pyridine rings is 1. The van der Waals surface area contributed by atoms with Crippen LogP contribution in [0.4, 0.5) is 0 Å². The van der Waals surface area contributed by atoms with Crippen molar-refractivity contribution in [2.24, 2.45) is 0 Å². The minimum Gasteiger partial charge on any atom is -0.473 e. The first kappa shape index (κ1) is 15.6. The Bertz CT molecular complexity index is 899. The molecule has 1 aromatic carbocycles. The van der Waals surface area contributed by atoms with Crippen molar-refractivity contribution >= 4 is 22.6 Å². The molecule has 0 aliphatic rings. The van der Waals surface area contributed by atoms with E-state index in [-0.39, 0.29) is 0 Å². The Morgan fingerprint density at radius 1 is 1.30 bits per heavy atom. The van der Waals surface area contributed by atoms with Crippen LogP contribution in [-0.2, 0) is 0 Å². The molecule has 0 aliphatic carbocycles. The summed E-state index contributed by atoms with van der Waals surface area (Å²) >= 11 is 6.26. The first-order valence-electron chi connectivity index (χ1n) is 7.39. The second-order valence-corrected chi connectivity index (χ2v) is 5.86. The first-order valence-corrected chi connectivity index (χ1v) is 7.77. The fourth-order valence-electron chi connectivity index (χ4n) is 2.69. The van der Waals surface area contributed by atoms with Gasteiger partial charge in [0.2, 0.25) is 5.88 Å². The molecular formula is C18H18ClN3O. The number of benzene rings is 1. The zero-order valence-electron chi connectivity index (χ0n) is 13.4. The summed E-state index contributed by atoms with van der Waals surface area (Å²) in [5.41, 5.74) is 4.67. The second kappa shape index (κ2) is 6.05. The van der Waals surface area contributed by atoms with Crippen LogP contribution in [0, 0.1) is 20.8 Å². The van der Waals surface area contributed by atoms with Gasteiger partial charge in [-0.1, -0.05) is 30.3 Å². The zero-order valence-corrected chi connectivity index (χ0v) is 14.2. The highest BCUT2D eigenvalue weighted by Crippen LogP contribution is 2.29. The van der Waals surface area contributed by atoms with Crippen molar-refractivity contribution in [1.29, 1.82) is 0 Å². The van der Waals surface area contributed by atoms with Crippen LogP contribution in [0.25, 0.3) is 16.7 Å². The molecule has 0 fully saturated rings. The maximum absolute atomic E-state index is 6.26. The van der Waals surface area contributed by atoms with Gasteiger partial charge in [0.1, 0.15) is 6.61 Å². The van der Waals surface area contributed by atoms with E-state index in [0.29, 0.717) is 17.5 Å². The summed E-state index contributed by atoms with van der Waals surface area (Å²) in [4.78, 5) is 4.63. The number of aryl methyl sites for hydroxylation is 2. The average molecular weight is 328 g/mol. The summed E-state index contributed by atoms with van der Waals surface area (Å²) in [6, 6.07) is 7.70. The van der Waals surface area contributed by atoms with Gasteiger partial charge < -0.3 is 4.74 Å². The molecular weight excluding hydrogens is 310 g/mol. The maximum atomic E-state index is 6.26. The summed E-state index contributed by atoms with van der Waals surface area (Å²) in [6.07, 6.45) is 1.70. The molecule has 0 spiro atoms. The lowest BCUT2D eigenvalue weighted by molar-refractivity contribution is 0.349. The van der Waals surface area contributed by atoms with Crippen molar-refractivity contribution in [3.05, 3.63) is 58.8 Å². The molecule has 0 saturated carbocycles. The Balaban J connectivity index is 2.27. The van der Waals surface area contributed by atoms with E-state index in [1.165, 1.54) is 0 Å². The molecule has 0 amide bonds. The largest absolute Gasteiger partial charge is 0.473 e. The second-order valence-electron chi connectivity index (χ2n) is 5.46. The van der Waals surface area contributed by atoms with Crippen LogP contribution in [0.5, 0.6) is 5.88 Å². The zero-order chi connectivity index (χ0) is 16.6. The minimum atomic E-state index is 0.418. The Labute approximate surface area is 140 Å². The molecule has 0 saturated heterocycles. The number of ether oxygens (including phenoxy) is 1.